The van der Waals surface area contributed by atoms with Gasteiger partial charge in [-0.15, -0.1) is 0 Å². The van der Waals surface area contributed by atoms with Gasteiger partial charge in [0.2, 0.25) is 0 Å². The number of carboxylic acid groups (broad SMARTS) is 1. The van der Waals surface area contributed by atoms with Crippen LogP contribution in [-0.2, 0) is 12.8 Å². The molecule has 2 aromatic rings. The molecule has 2 aromatic carbocycles. The molecule has 0 aromatic heterocycles. The maximum absolute atomic E-state index is 10.8. The van der Waals surface area contributed by atoms with Crippen molar-refractivity contribution in [1.29, 1.82) is 0 Å². The monoisotopic (exact) mass is 268 g/mol. The Bertz CT molecular complexity index is 565. The van der Waals surface area contributed by atoms with Gasteiger partial charge in [0.25, 0.3) is 0 Å². The Kier molecular flexibility index (Phi) is 4.57. The molecule has 0 aliphatic rings. The number of hydrogen-bond donors (Lipinski definition) is 1. The molecule has 0 aliphatic heterocycles. The Balaban J connectivity index is 2.04. The largest absolute Gasteiger partial charge is 0.478 e. The molecule has 2 rings (SSSR count). The first-order valence-corrected chi connectivity index (χ1v) is 6.94. The van der Waals surface area contributed by atoms with Gasteiger partial charge in [-0.25, -0.2) is 4.79 Å². The number of hydrogen-bond acceptors (Lipinski definition) is 1. The molecule has 104 valence electrons. The van der Waals surface area contributed by atoms with Gasteiger partial charge in [0.15, 0.2) is 0 Å². The summed E-state index contributed by atoms with van der Waals surface area (Å²) in [5.74, 6) is -0.209. The van der Waals surface area contributed by atoms with Gasteiger partial charge in [-0.05, 0) is 47.6 Å². The van der Waals surface area contributed by atoms with Crippen LogP contribution >= 0.6 is 0 Å². The average Bonchev–Trinajstić information content (AvgIpc) is 2.41. The third-order valence-electron chi connectivity index (χ3n) is 3.28. The van der Waals surface area contributed by atoms with Crippen LogP contribution in [0.2, 0.25) is 0 Å². The first-order chi connectivity index (χ1) is 9.54. The van der Waals surface area contributed by atoms with Crippen molar-refractivity contribution in [3.63, 3.8) is 0 Å². The maximum atomic E-state index is 10.8. The summed E-state index contributed by atoms with van der Waals surface area (Å²) in [6.07, 6.45) is 1.94. The van der Waals surface area contributed by atoms with E-state index in [-0.39, 0.29) is 0 Å². The van der Waals surface area contributed by atoms with E-state index in [1.807, 2.05) is 12.1 Å². The third-order valence-corrected chi connectivity index (χ3v) is 3.28. The molecule has 2 heteroatoms. The molecule has 0 spiro atoms. The number of benzene rings is 2. The van der Waals surface area contributed by atoms with Crippen LogP contribution in [0.4, 0.5) is 0 Å². The Hall–Kier alpha value is -2.09. The molecule has 0 unspecified atom stereocenters. The zero-order chi connectivity index (χ0) is 14.5. The van der Waals surface area contributed by atoms with Crippen molar-refractivity contribution in [3.8, 4) is 0 Å². The summed E-state index contributed by atoms with van der Waals surface area (Å²) in [6, 6.07) is 15.8. The Morgan fingerprint density at radius 1 is 0.900 bits per heavy atom. The summed E-state index contributed by atoms with van der Waals surface area (Å²) in [5, 5.41) is 8.87. The van der Waals surface area contributed by atoms with Crippen molar-refractivity contribution in [2.45, 2.75) is 26.7 Å². The van der Waals surface area contributed by atoms with Crippen LogP contribution in [-0.4, -0.2) is 11.1 Å². The Morgan fingerprint density at radius 3 is 1.80 bits per heavy atom. The van der Waals surface area contributed by atoms with Crippen molar-refractivity contribution in [2.24, 2.45) is 5.92 Å². The lowest BCUT2D eigenvalue weighted by atomic mass is 9.99. The van der Waals surface area contributed by atoms with E-state index in [2.05, 4.69) is 38.1 Å². The van der Waals surface area contributed by atoms with Crippen LogP contribution in [0.5, 0.6) is 0 Å². The van der Waals surface area contributed by atoms with Crippen LogP contribution in [0.3, 0.4) is 0 Å². The Labute approximate surface area is 120 Å². The summed E-state index contributed by atoms with van der Waals surface area (Å²) in [7, 11) is 0. The second-order valence-corrected chi connectivity index (χ2v) is 5.59. The lowest BCUT2D eigenvalue weighted by molar-refractivity contribution is 0.0697. The van der Waals surface area contributed by atoms with Gasteiger partial charge < -0.3 is 5.11 Å². The fourth-order valence-corrected chi connectivity index (χ4v) is 2.27. The predicted molar refractivity (Wildman–Crippen MR) is 81.2 cm³/mol. The number of carbonyl (C=O) groups is 1. The molecule has 1 N–H and O–H groups in total. The molecule has 20 heavy (non-hydrogen) atoms. The summed E-state index contributed by atoms with van der Waals surface area (Å²) >= 11 is 0. The first-order valence-electron chi connectivity index (χ1n) is 6.94. The van der Waals surface area contributed by atoms with Crippen molar-refractivity contribution in [3.05, 3.63) is 70.8 Å². The second kappa shape index (κ2) is 6.38. The highest BCUT2D eigenvalue weighted by atomic mass is 16.4. The van der Waals surface area contributed by atoms with Crippen LogP contribution in [0, 0.1) is 5.92 Å². The van der Waals surface area contributed by atoms with Gasteiger partial charge in [-0.3, -0.25) is 0 Å². The molecule has 0 bridgehead atoms. The normalized spacial score (nSPS) is 10.8. The highest BCUT2D eigenvalue weighted by Crippen LogP contribution is 2.14. The standard InChI is InChI=1S/C18H20O2/c1-13(2)11-14-3-5-15(6-4-14)12-16-7-9-17(10-8-16)18(19)20/h3-10,13H,11-12H2,1-2H3,(H,19,20). The average molecular weight is 268 g/mol. The zero-order valence-electron chi connectivity index (χ0n) is 12.0. The topological polar surface area (TPSA) is 37.3 Å². The van der Waals surface area contributed by atoms with Gasteiger partial charge in [-0.1, -0.05) is 50.2 Å². The summed E-state index contributed by atoms with van der Waals surface area (Å²) in [6.45, 7) is 4.44. The molecule has 0 fully saturated rings. The zero-order valence-corrected chi connectivity index (χ0v) is 12.0. The molecule has 0 heterocycles. The molecule has 0 radical (unpaired) electrons. The number of aromatic carboxylic acids is 1. The van der Waals surface area contributed by atoms with Gasteiger partial charge in [-0.2, -0.15) is 0 Å². The molecule has 0 saturated carbocycles. The van der Waals surface area contributed by atoms with E-state index in [0.717, 1.165) is 18.4 Å². The lowest BCUT2D eigenvalue weighted by Crippen LogP contribution is -1.97. The molecule has 0 aliphatic carbocycles. The minimum absolute atomic E-state index is 0.334. The van der Waals surface area contributed by atoms with Gasteiger partial charge in [0.05, 0.1) is 5.56 Å². The van der Waals surface area contributed by atoms with E-state index >= 15 is 0 Å². The van der Waals surface area contributed by atoms with Crippen LogP contribution in [0.1, 0.15) is 40.9 Å². The fraction of sp³-hybridized carbons (Fsp3) is 0.278. The highest BCUT2D eigenvalue weighted by Gasteiger charge is 2.03. The summed E-state index contributed by atoms with van der Waals surface area (Å²) in [5.41, 5.74) is 4.08. The highest BCUT2D eigenvalue weighted by molar-refractivity contribution is 5.87. The third kappa shape index (κ3) is 3.95. The molecule has 0 saturated heterocycles. The predicted octanol–water partition coefficient (Wildman–Crippen LogP) is 4.17. The SMILES string of the molecule is CC(C)Cc1ccc(Cc2ccc(C(=O)O)cc2)cc1. The quantitative estimate of drug-likeness (QED) is 0.883. The van der Waals surface area contributed by atoms with Crippen LogP contribution in [0.15, 0.2) is 48.5 Å². The van der Waals surface area contributed by atoms with Crippen LogP contribution < -0.4 is 0 Å². The first kappa shape index (κ1) is 14.3. The minimum Gasteiger partial charge on any atom is -0.478 e. The minimum atomic E-state index is -0.880. The van der Waals surface area contributed by atoms with Crippen molar-refractivity contribution >= 4 is 5.97 Å². The molecule has 0 atom stereocenters. The Morgan fingerprint density at radius 2 is 1.35 bits per heavy atom. The number of carboxylic acids is 1. The van der Waals surface area contributed by atoms with E-state index < -0.39 is 5.97 Å². The molecular formula is C18H20O2. The van der Waals surface area contributed by atoms with Crippen molar-refractivity contribution in [1.82, 2.24) is 0 Å². The van der Waals surface area contributed by atoms with Gasteiger partial charge >= 0.3 is 5.97 Å². The van der Waals surface area contributed by atoms with E-state index in [9.17, 15) is 4.79 Å². The maximum Gasteiger partial charge on any atom is 0.335 e. The van der Waals surface area contributed by atoms with Crippen molar-refractivity contribution < 1.29 is 9.90 Å². The molecular weight excluding hydrogens is 248 g/mol. The van der Waals surface area contributed by atoms with E-state index in [4.69, 9.17) is 5.11 Å². The number of rotatable bonds is 5. The summed E-state index contributed by atoms with van der Waals surface area (Å²) in [4.78, 5) is 10.8. The molecule has 0 amide bonds. The van der Waals surface area contributed by atoms with Crippen LogP contribution in [0.25, 0.3) is 0 Å². The summed E-state index contributed by atoms with van der Waals surface area (Å²) < 4.78 is 0. The lowest BCUT2D eigenvalue weighted by Gasteiger charge is -2.07. The van der Waals surface area contributed by atoms with Crippen molar-refractivity contribution in [2.75, 3.05) is 0 Å². The van der Waals surface area contributed by atoms with Gasteiger partial charge in [0, 0.05) is 0 Å². The fourth-order valence-electron chi connectivity index (χ4n) is 2.27. The van der Waals surface area contributed by atoms with E-state index in [1.54, 1.807) is 12.1 Å². The smallest absolute Gasteiger partial charge is 0.335 e. The molecule has 2 nitrogen and oxygen atoms in total. The van der Waals surface area contributed by atoms with E-state index in [1.165, 1.54) is 11.1 Å². The van der Waals surface area contributed by atoms with Gasteiger partial charge in [0.1, 0.15) is 0 Å². The van der Waals surface area contributed by atoms with E-state index in [0.29, 0.717) is 11.5 Å². The second-order valence-electron chi connectivity index (χ2n) is 5.59.